The van der Waals surface area contributed by atoms with Gasteiger partial charge in [0.1, 0.15) is 0 Å². The van der Waals surface area contributed by atoms with Crippen LogP contribution in [-0.4, -0.2) is 87.2 Å². The third kappa shape index (κ3) is 5.32. The molecule has 0 saturated heterocycles. The molecule has 0 aromatic heterocycles. The highest BCUT2D eigenvalue weighted by atomic mass is 15.2. The lowest BCUT2D eigenvalue weighted by molar-refractivity contribution is 0.0282. The van der Waals surface area contributed by atoms with E-state index in [-0.39, 0.29) is 0 Å². The fourth-order valence-electron chi connectivity index (χ4n) is 3.09. The van der Waals surface area contributed by atoms with Crippen LogP contribution in [0.2, 0.25) is 0 Å². The zero-order valence-corrected chi connectivity index (χ0v) is 14.4. The summed E-state index contributed by atoms with van der Waals surface area (Å²) in [7, 11) is 6.72. The van der Waals surface area contributed by atoms with Gasteiger partial charge in [0.2, 0.25) is 0 Å². The molecular formula is C16H36N4. The second-order valence-corrected chi connectivity index (χ2v) is 6.49. The van der Waals surface area contributed by atoms with Gasteiger partial charge in [-0.2, -0.15) is 0 Å². The molecule has 0 spiro atoms. The molecule has 0 aromatic carbocycles. The van der Waals surface area contributed by atoms with Crippen LogP contribution < -0.4 is 5.32 Å². The van der Waals surface area contributed by atoms with Gasteiger partial charge in [0.15, 0.2) is 0 Å². The van der Waals surface area contributed by atoms with Crippen molar-refractivity contribution >= 4 is 0 Å². The minimum Gasteiger partial charge on any atom is -0.314 e. The largest absolute Gasteiger partial charge is 0.314 e. The monoisotopic (exact) mass is 284 g/mol. The molecule has 0 aliphatic heterocycles. The number of nitrogens with zero attached hydrogens (tertiary/aromatic N) is 3. The fourth-order valence-corrected chi connectivity index (χ4v) is 3.09. The quantitative estimate of drug-likeness (QED) is 0.578. The predicted octanol–water partition coefficient (Wildman–Crippen LogP) is 1.33. The standard InChI is InChI=1S/C16H36N4/c1-6-20(7-2)14-12-17-11-13-19(5)15-16(18(3)4)9-8-10-16/h17H,6-15H2,1-5H3. The Morgan fingerprint density at radius 1 is 0.950 bits per heavy atom. The summed E-state index contributed by atoms with van der Waals surface area (Å²) in [5, 5.41) is 3.57. The Hall–Kier alpha value is -0.160. The first-order valence-corrected chi connectivity index (χ1v) is 8.33. The second kappa shape index (κ2) is 8.98. The van der Waals surface area contributed by atoms with Gasteiger partial charge in [-0.1, -0.05) is 13.8 Å². The minimum atomic E-state index is 0.454. The molecule has 1 rings (SSSR count). The van der Waals surface area contributed by atoms with Crippen LogP contribution in [0.25, 0.3) is 0 Å². The molecule has 1 fully saturated rings. The summed E-state index contributed by atoms with van der Waals surface area (Å²) in [5.41, 5.74) is 0.454. The van der Waals surface area contributed by atoms with Crippen LogP contribution >= 0.6 is 0 Å². The van der Waals surface area contributed by atoms with Gasteiger partial charge in [-0.05, 0) is 53.5 Å². The van der Waals surface area contributed by atoms with Crippen LogP contribution in [0.3, 0.4) is 0 Å². The van der Waals surface area contributed by atoms with Crippen molar-refractivity contribution in [2.24, 2.45) is 0 Å². The Bertz CT molecular complexity index is 247. The zero-order valence-electron chi connectivity index (χ0n) is 14.4. The predicted molar refractivity (Wildman–Crippen MR) is 88.4 cm³/mol. The molecule has 0 aromatic rings. The third-order valence-electron chi connectivity index (χ3n) is 4.97. The molecule has 0 amide bonds. The van der Waals surface area contributed by atoms with Gasteiger partial charge in [0.05, 0.1) is 0 Å². The number of rotatable bonds is 11. The van der Waals surface area contributed by atoms with E-state index in [9.17, 15) is 0 Å². The lowest BCUT2D eigenvalue weighted by Gasteiger charge is -2.49. The molecule has 1 saturated carbocycles. The van der Waals surface area contributed by atoms with E-state index in [0.29, 0.717) is 5.54 Å². The van der Waals surface area contributed by atoms with E-state index in [2.05, 4.69) is 55.0 Å². The maximum absolute atomic E-state index is 3.57. The molecule has 0 heterocycles. The molecule has 1 aliphatic carbocycles. The second-order valence-electron chi connectivity index (χ2n) is 6.49. The van der Waals surface area contributed by atoms with Crippen LogP contribution in [0, 0.1) is 0 Å². The van der Waals surface area contributed by atoms with E-state index >= 15 is 0 Å². The zero-order chi connectivity index (χ0) is 15.0. The van der Waals surface area contributed by atoms with Crippen LogP contribution in [0.1, 0.15) is 33.1 Å². The van der Waals surface area contributed by atoms with Crippen molar-refractivity contribution in [1.29, 1.82) is 0 Å². The summed E-state index contributed by atoms with van der Waals surface area (Å²) in [4.78, 5) is 7.39. The minimum absolute atomic E-state index is 0.454. The fraction of sp³-hybridized carbons (Fsp3) is 1.00. The maximum Gasteiger partial charge on any atom is 0.0330 e. The van der Waals surface area contributed by atoms with E-state index in [4.69, 9.17) is 0 Å². The smallest absolute Gasteiger partial charge is 0.0330 e. The van der Waals surface area contributed by atoms with Gasteiger partial charge in [0, 0.05) is 38.3 Å². The lowest BCUT2D eigenvalue weighted by Crippen LogP contribution is -2.57. The highest BCUT2D eigenvalue weighted by Crippen LogP contribution is 2.36. The van der Waals surface area contributed by atoms with Gasteiger partial charge >= 0.3 is 0 Å². The van der Waals surface area contributed by atoms with Crippen molar-refractivity contribution < 1.29 is 0 Å². The van der Waals surface area contributed by atoms with Crippen molar-refractivity contribution in [3.8, 4) is 0 Å². The van der Waals surface area contributed by atoms with E-state index in [1.807, 2.05) is 0 Å². The Balaban J connectivity index is 2.10. The normalized spacial score (nSPS) is 18.0. The van der Waals surface area contributed by atoms with Crippen LogP contribution in [0.15, 0.2) is 0 Å². The highest BCUT2D eigenvalue weighted by molar-refractivity contribution is 4.97. The van der Waals surface area contributed by atoms with Gasteiger partial charge in [-0.25, -0.2) is 0 Å². The summed E-state index contributed by atoms with van der Waals surface area (Å²) in [5.74, 6) is 0. The Morgan fingerprint density at radius 3 is 2.00 bits per heavy atom. The average Bonchev–Trinajstić information content (AvgIpc) is 2.37. The van der Waals surface area contributed by atoms with Gasteiger partial charge in [-0.3, -0.25) is 0 Å². The Labute approximate surface area is 126 Å². The van der Waals surface area contributed by atoms with E-state index in [1.54, 1.807) is 0 Å². The summed E-state index contributed by atoms with van der Waals surface area (Å²) in [6, 6.07) is 0. The first-order chi connectivity index (χ1) is 9.54. The summed E-state index contributed by atoms with van der Waals surface area (Å²) >= 11 is 0. The average molecular weight is 284 g/mol. The number of hydrogen-bond acceptors (Lipinski definition) is 4. The van der Waals surface area contributed by atoms with Crippen molar-refractivity contribution in [3.05, 3.63) is 0 Å². The maximum atomic E-state index is 3.57. The van der Waals surface area contributed by atoms with Crippen molar-refractivity contribution in [2.75, 3.05) is 67.0 Å². The summed E-state index contributed by atoms with van der Waals surface area (Å²) < 4.78 is 0. The van der Waals surface area contributed by atoms with E-state index in [0.717, 1.165) is 32.7 Å². The lowest BCUT2D eigenvalue weighted by atomic mass is 9.75. The molecule has 0 bridgehead atoms. The van der Waals surface area contributed by atoms with Gasteiger partial charge in [-0.15, -0.1) is 0 Å². The summed E-state index contributed by atoms with van der Waals surface area (Å²) in [6.45, 7) is 12.5. The molecular weight excluding hydrogens is 248 g/mol. The molecule has 4 heteroatoms. The topological polar surface area (TPSA) is 21.8 Å². The SMILES string of the molecule is CCN(CC)CCNCCN(C)CC1(N(C)C)CCC1. The van der Waals surface area contributed by atoms with Crippen LogP contribution in [0.5, 0.6) is 0 Å². The van der Waals surface area contributed by atoms with Crippen molar-refractivity contribution in [2.45, 2.75) is 38.6 Å². The first kappa shape index (κ1) is 17.9. The van der Waals surface area contributed by atoms with Crippen molar-refractivity contribution in [1.82, 2.24) is 20.0 Å². The highest BCUT2D eigenvalue weighted by Gasteiger charge is 2.39. The van der Waals surface area contributed by atoms with Crippen molar-refractivity contribution in [3.63, 3.8) is 0 Å². The molecule has 1 N–H and O–H groups in total. The van der Waals surface area contributed by atoms with Crippen LogP contribution in [-0.2, 0) is 0 Å². The molecule has 20 heavy (non-hydrogen) atoms. The molecule has 120 valence electrons. The van der Waals surface area contributed by atoms with E-state index in [1.165, 1.54) is 32.4 Å². The Kier molecular flexibility index (Phi) is 8.03. The van der Waals surface area contributed by atoms with Crippen LogP contribution in [0.4, 0.5) is 0 Å². The van der Waals surface area contributed by atoms with Gasteiger partial charge < -0.3 is 20.0 Å². The van der Waals surface area contributed by atoms with Gasteiger partial charge in [0.25, 0.3) is 0 Å². The molecule has 0 radical (unpaired) electrons. The Morgan fingerprint density at radius 2 is 1.55 bits per heavy atom. The summed E-state index contributed by atoms with van der Waals surface area (Å²) in [6.07, 6.45) is 4.12. The number of hydrogen-bond donors (Lipinski definition) is 1. The van der Waals surface area contributed by atoms with E-state index < -0.39 is 0 Å². The third-order valence-corrected chi connectivity index (χ3v) is 4.97. The number of nitrogens with one attached hydrogen (secondary N) is 1. The molecule has 0 atom stereocenters. The molecule has 0 unspecified atom stereocenters. The molecule has 4 nitrogen and oxygen atoms in total. The number of likely N-dealkylation sites (N-methyl/N-ethyl adjacent to an activating group) is 3. The first-order valence-electron chi connectivity index (χ1n) is 8.33. The molecule has 1 aliphatic rings.